The highest BCUT2D eigenvalue weighted by atomic mass is 32.2. The molecule has 33 heavy (non-hydrogen) atoms. The molecule has 2 aromatic rings. The van der Waals surface area contributed by atoms with E-state index in [4.69, 9.17) is 4.74 Å². The molecule has 9 nitrogen and oxygen atoms in total. The number of carbonyl (C=O) groups excluding carboxylic acids is 1. The number of nitrogens with zero attached hydrogens (tertiary/aromatic N) is 1. The van der Waals surface area contributed by atoms with Crippen LogP contribution < -0.4 is 15.4 Å². The fourth-order valence-corrected chi connectivity index (χ4v) is 6.40. The quantitative estimate of drug-likeness (QED) is 0.444. The van der Waals surface area contributed by atoms with Crippen LogP contribution in [0.2, 0.25) is 0 Å². The summed E-state index contributed by atoms with van der Waals surface area (Å²) in [6, 6.07) is 8.44. The first-order valence-electron chi connectivity index (χ1n) is 10.9. The number of ether oxygens (including phenoxy) is 1. The highest BCUT2D eigenvalue weighted by molar-refractivity contribution is 7.91. The molecule has 1 amide bonds. The molecule has 0 radical (unpaired) electrons. The molecule has 10 heteroatoms. The number of amides is 1. The molecule has 0 aromatic heterocycles. The van der Waals surface area contributed by atoms with E-state index in [0.29, 0.717) is 23.1 Å². The Morgan fingerprint density at radius 3 is 2.61 bits per heavy atom. The lowest BCUT2D eigenvalue weighted by Gasteiger charge is -2.23. The van der Waals surface area contributed by atoms with Gasteiger partial charge < -0.3 is 15.4 Å². The number of hydrogen-bond donors (Lipinski definition) is 2. The smallest absolute Gasteiger partial charge is 0.273 e. The van der Waals surface area contributed by atoms with Gasteiger partial charge in [-0.3, -0.25) is 14.9 Å². The van der Waals surface area contributed by atoms with Crippen LogP contribution in [0, 0.1) is 28.9 Å². The van der Waals surface area contributed by atoms with Crippen LogP contribution in [0.1, 0.15) is 31.2 Å². The average Bonchev–Trinajstić information content (AvgIpc) is 3.40. The van der Waals surface area contributed by atoms with Crippen molar-refractivity contribution in [3.63, 3.8) is 0 Å². The fourth-order valence-electron chi connectivity index (χ4n) is 4.93. The van der Waals surface area contributed by atoms with Gasteiger partial charge in [-0.2, -0.15) is 0 Å². The molecule has 3 unspecified atom stereocenters. The van der Waals surface area contributed by atoms with Gasteiger partial charge in [0.2, 0.25) is 15.7 Å². The number of nitrogens with one attached hydrogen (secondary N) is 2. The van der Waals surface area contributed by atoms with Crippen LogP contribution in [0.4, 0.5) is 11.4 Å². The van der Waals surface area contributed by atoms with E-state index in [0.717, 1.165) is 18.9 Å². The van der Waals surface area contributed by atoms with Crippen LogP contribution in [0.3, 0.4) is 0 Å². The van der Waals surface area contributed by atoms with E-state index in [9.17, 15) is 23.3 Å². The van der Waals surface area contributed by atoms with Crippen LogP contribution in [-0.2, 0) is 14.6 Å². The Morgan fingerprint density at radius 1 is 1.18 bits per heavy atom. The molecule has 0 spiro atoms. The number of fused-ring (bicyclic) bond motifs is 2. The second kappa shape index (κ2) is 9.01. The Bertz CT molecular complexity index is 1200. The molecule has 2 N–H and O–H groups in total. The molecular formula is C23H27N3O6S. The summed E-state index contributed by atoms with van der Waals surface area (Å²) in [4.78, 5) is 22.9. The second-order valence-electron chi connectivity index (χ2n) is 8.77. The number of anilines is 1. The Hall–Kier alpha value is -3.14. The maximum atomic E-state index is 13.4. The summed E-state index contributed by atoms with van der Waals surface area (Å²) < 4.78 is 32.0. The van der Waals surface area contributed by atoms with E-state index in [1.165, 1.54) is 44.2 Å². The minimum atomic E-state index is -4.13. The second-order valence-corrected chi connectivity index (χ2v) is 10.7. The number of rotatable bonds is 8. The molecule has 3 atom stereocenters. The number of nitro benzene ring substituents is 1. The monoisotopic (exact) mass is 473 g/mol. The number of carbonyl (C=O) groups is 1. The van der Waals surface area contributed by atoms with Gasteiger partial charge in [-0.25, -0.2) is 8.42 Å². The van der Waals surface area contributed by atoms with Crippen molar-refractivity contribution in [2.24, 2.45) is 11.8 Å². The predicted molar refractivity (Wildman–Crippen MR) is 122 cm³/mol. The molecule has 0 aliphatic heterocycles. The lowest BCUT2D eigenvalue weighted by atomic mass is 9.95. The van der Waals surface area contributed by atoms with Crippen molar-refractivity contribution in [2.75, 3.05) is 19.0 Å². The van der Waals surface area contributed by atoms with Gasteiger partial charge in [0.25, 0.3) is 5.69 Å². The summed E-state index contributed by atoms with van der Waals surface area (Å²) in [7, 11) is -2.72. The van der Waals surface area contributed by atoms with E-state index in [1.54, 1.807) is 13.0 Å². The molecular weight excluding hydrogens is 446 g/mol. The maximum Gasteiger partial charge on any atom is 0.273 e. The fraction of sp³-hybridized carbons (Fsp3) is 0.435. The molecule has 2 aliphatic carbocycles. The number of benzene rings is 2. The minimum absolute atomic E-state index is 0.0865. The first-order valence-corrected chi connectivity index (χ1v) is 12.4. The third kappa shape index (κ3) is 4.66. The largest absolute Gasteiger partial charge is 0.497 e. The average molecular weight is 474 g/mol. The van der Waals surface area contributed by atoms with Gasteiger partial charge in [-0.15, -0.1) is 0 Å². The van der Waals surface area contributed by atoms with E-state index in [-0.39, 0.29) is 39.7 Å². The van der Waals surface area contributed by atoms with Crippen molar-refractivity contribution in [3.05, 3.63) is 52.1 Å². The Labute approximate surface area is 192 Å². The highest BCUT2D eigenvalue weighted by Gasteiger charge is 2.40. The Morgan fingerprint density at radius 2 is 1.97 bits per heavy atom. The topological polar surface area (TPSA) is 128 Å². The van der Waals surface area contributed by atoms with Crippen LogP contribution in [-0.4, -0.2) is 38.9 Å². The molecule has 4 rings (SSSR count). The molecule has 2 fully saturated rings. The first-order chi connectivity index (χ1) is 15.7. The van der Waals surface area contributed by atoms with Crippen LogP contribution in [0.15, 0.2) is 46.2 Å². The van der Waals surface area contributed by atoms with Gasteiger partial charge in [0.15, 0.2) is 0 Å². The molecule has 2 aliphatic rings. The molecule has 0 saturated heterocycles. The van der Waals surface area contributed by atoms with Crippen molar-refractivity contribution in [1.29, 1.82) is 0 Å². The van der Waals surface area contributed by atoms with Crippen molar-refractivity contribution in [2.45, 2.75) is 48.4 Å². The predicted octanol–water partition coefficient (Wildman–Crippen LogP) is 3.46. The summed E-state index contributed by atoms with van der Waals surface area (Å²) in [6.45, 7) is 1.46. The van der Waals surface area contributed by atoms with Crippen molar-refractivity contribution >= 4 is 27.1 Å². The molecule has 2 aromatic carbocycles. The summed E-state index contributed by atoms with van der Waals surface area (Å²) >= 11 is 0. The van der Waals surface area contributed by atoms with Crippen molar-refractivity contribution in [3.8, 4) is 5.75 Å². The van der Waals surface area contributed by atoms with Gasteiger partial charge in [0, 0.05) is 23.7 Å². The zero-order valence-corrected chi connectivity index (χ0v) is 19.4. The lowest BCUT2D eigenvalue weighted by molar-refractivity contribution is -0.385. The van der Waals surface area contributed by atoms with Crippen LogP contribution in [0.5, 0.6) is 5.75 Å². The Kier molecular flexibility index (Phi) is 6.29. The normalized spacial score (nSPS) is 21.6. The van der Waals surface area contributed by atoms with Gasteiger partial charge >= 0.3 is 0 Å². The van der Waals surface area contributed by atoms with Gasteiger partial charge in [0.05, 0.1) is 34.1 Å². The van der Waals surface area contributed by atoms with Gasteiger partial charge in [-0.05, 0) is 56.2 Å². The lowest BCUT2D eigenvalue weighted by Crippen LogP contribution is -2.41. The van der Waals surface area contributed by atoms with Gasteiger partial charge in [0.1, 0.15) is 5.75 Å². The summed E-state index contributed by atoms with van der Waals surface area (Å²) in [6.07, 6.45) is 4.55. The number of methoxy groups -OCH3 is 1. The zero-order chi connectivity index (χ0) is 23.8. The van der Waals surface area contributed by atoms with E-state index in [2.05, 4.69) is 10.6 Å². The van der Waals surface area contributed by atoms with E-state index < -0.39 is 14.8 Å². The first kappa shape index (κ1) is 23.0. The number of sulfone groups is 1. The van der Waals surface area contributed by atoms with Crippen LogP contribution >= 0.6 is 0 Å². The SMILES string of the molecule is COc1ccc(NCC(=O)NC2CC3CCC2C3)c(S(=O)(=O)c2ccc(C)c([N+](=O)[O-])c2)c1. The number of nitro groups is 1. The number of aryl methyl sites for hydroxylation is 1. The summed E-state index contributed by atoms with van der Waals surface area (Å²) in [5.41, 5.74) is 0.307. The Balaban J connectivity index is 1.57. The third-order valence-electron chi connectivity index (χ3n) is 6.69. The minimum Gasteiger partial charge on any atom is -0.497 e. The molecule has 176 valence electrons. The van der Waals surface area contributed by atoms with Crippen molar-refractivity contribution < 1.29 is 22.9 Å². The highest BCUT2D eigenvalue weighted by Crippen LogP contribution is 2.44. The molecule has 2 bridgehead atoms. The van der Waals surface area contributed by atoms with E-state index >= 15 is 0 Å². The molecule has 0 heterocycles. The van der Waals surface area contributed by atoms with E-state index in [1.807, 2.05) is 0 Å². The van der Waals surface area contributed by atoms with Gasteiger partial charge in [-0.1, -0.05) is 12.5 Å². The number of hydrogen-bond acceptors (Lipinski definition) is 7. The molecule has 2 saturated carbocycles. The summed E-state index contributed by atoms with van der Waals surface area (Å²) in [5.74, 6) is 1.35. The maximum absolute atomic E-state index is 13.4. The van der Waals surface area contributed by atoms with Crippen molar-refractivity contribution in [1.82, 2.24) is 5.32 Å². The standard InChI is InChI=1S/C23H27N3O6S/c1-14-3-7-18(12-21(14)26(28)29)33(30,31)22-11-17(32-2)6-8-19(22)24-13-23(27)25-20-10-15-4-5-16(20)9-15/h3,6-8,11-12,15-16,20,24H,4-5,9-10,13H2,1-2H3,(H,25,27). The zero-order valence-electron chi connectivity index (χ0n) is 18.5. The third-order valence-corrected chi connectivity index (χ3v) is 8.48. The van der Waals surface area contributed by atoms with Crippen LogP contribution in [0.25, 0.3) is 0 Å². The summed E-state index contributed by atoms with van der Waals surface area (Å²) in [5, 5.41) is 17.3.